The van der Waals surface area contributed by atoms with Gasteiger partial charge in [0, 0.05) is 0 Å². The Morgan fingerprint density at radius 1 is 1.30 bits per heavy atom. The highest BCUT2D eigenvalue weighted by molar-refractivity contribution is 7.91. The van der Waals surface area contributed by atoms with E-state index in [4.69, 9.17) is 10.2 Å². The van der Waals surface area contributed by atoms with Gasteiger partial charge in [-0.05, 0) is 13.3 Å². The number of amides is 2. The lowest BCUT2D eigenvalue weighted by Gasteiger charge is -2.25. The molecule has 1 rings (SSSR count). The Labute approximate surface area is 115 Å². The van der Waals surface area contributed by atoms with Crippen molar-refractivity contribution in [3.05, 3.63) is 0 Å². The van der Waals surface area contributed by atoms with Crippen molar-refractivity contribution in [1.82, 2.24) is 10.6 Å². The summed E-state index contributed by atoms with van der Waals surface area (Å²) in [5.74, 6) is -3.13. The maximum atomic E-state index is 11.6. The van der Waals surface area contributed by atoms with E-state index < -0.39 is 45.8 Å². The molecule has 0 radical (unpaired) electrons. The molecule has 0 saturated carbocycles. The smallest absolute Gasteiger partial charge is 0.326 e. The number of aliphatic carboxylic acids is 2. The Hall–Kier alpha value is -1.84. The lowest BCUT2D eigenvalue weighted by molar-refractivity contribution is -0.145. The van der Waals surface area contributed by atoms with Crippen molar-refractivity contribution >= 4 is 27.8 Å². The van der Waals surface area contributed by atoms with Crippen molar-refractivity contribution in [2.75, 3.05) is 11.5 Å². The van der Waals surface area contributed by atoms with Crippen LogP contribution in [0.2, 0.25) is 0 Å². The molecule has 1 fully saturated rings. The van der Waals surface area contributed by atoms with Crippen molar-refractivity contribution in [3.8, 4) is 0 Å². The van der Waals surface area contributed by atoms with Gasteiger partial charge in [-0.15, -0.1) is 0 Å². The van der Waals surface area contributed by atoms with E-state index >= 15 is 0 Å². The predicted molar refractivity (Wildman–Crippen MR) is 67.0 cm³/mol. The molecule has 1 aliphatic heterocycles. The maximum absolute atomic E-state index is 11.6. The van der Waals surface area contributed by atoms with Crippen LogP contribution in [-0.2, 0) is 19.4 Å². The lowest BCUT2D eigenvalue weighted by atomic mass is 10.0. The van der Waals surface area contributed by atoms with Gasteiger partial charge in [-0.3, -0.25) is 4.79 Å². The average Bonchev–Trinajstić information content (AvgIpc) is 2.50. The van der Waals surface area contributed by atoms with Crippen LogP contribution < -0.4 is 10.6 Å². The van der Waals surface area contributed by atoms with Crippen molar-refractivity contribution in [2.24, 2.45) is 0 Å². The van der Waals surface area contributed by atoms with Crippen LogP contribution in [0.15, 0.2) is 0 Å². The summed E-state index contributed by atoms with van der Waals surface area (Å²) in [6.07, 6.45) is -0.544. The molecule has 0 aliphatic carbocycles. The number of hydrogen-bond donors (Lipinski definition) is 4. The molecular formula is C10H16N2O7S. The molecule has 2 amide bonds. The molecule has 2 atom stereocenters. The predicted octanol–water partition coefficient (Wildman–Crippen LogP) is -1.21. The highest BCUT2D eigenvalue weighted by Gasteiger charge is 2.40. The lowest BCUT2D eigenvalue weighted by Crippen LogP contribution is -2.54. The van der Waals surface area contributed by atoms with Gasteiger partial charge in [0.2, 0.25) is 0 Å². The third-order valence-corrected chi connectivity index (χ3v) is 4.80. The zero-order valence-corrected chi connectivity index (χ0v) is 11.6. The SMILES string of the molecule is CC1(NC(=O)NC(CC(=O)O)C(=O)O)CCS(=O)(=O)C1. The summed E-state index contributed by atoms with van der Waals surface area (Å²) in [7, 11) is -3.22. The minimum Gasteiger partial charge on any atom is -0.481 e. The summed E-state index contributed by atoms with van der Waals surface area (Å²) in [5.41, 5.74) is -0.977. The molecule has 0 aromatic rings. The fraction of sp³-hybridized carbons (Fsp3) is 0.700. The van der Waals surface area contributed by atoms with E-state index in [1.807, 2.05) is 5.32 Å². The summed E-state index contributed by atoms with van der Waals surface area (Å²) >= 11 is 0. The maximum Gasteiger partial charge on any atom is 0.326 e. The van der Waals surface area contributed by atoms with Crippen molar-refractivity contribution in [3.63, 3.8) is 0 Å². The highest BCUT2D eigenvalue weighted by Crippen LogP contribution is 2.22. The van der Waals surface area contributed by atoms with Crippen LogP contribution >= 0.6 is 0 Å². The quantitative estimate of drug-likeness (QED) is 0.497. The van der Waals surface area contributed by atoms with E-state index in [1.54, 1.807) is 0 Å². The number of carbonyl (C=O) groups is 3. The topological polar surface area (TPSA) is 150 Å². The van der Waals surface area contributed by atoms with Crippen molar-refractivity contribution < 1.29 is 33.0 Å². The van der Waals surface area contributed by atoms with Gasteiger partial charge in [-0.25, -0.2) is 18.0 Å². The molecule has 1 heterocycles. The van der Waals surface area contributed by atoms with E-state index in [9.17, 15) is 22.8 Å². The van der Waals surface area contributed by atoms with E-state index in [0.717, 1.165) is 0 Å². The Morgan fingerprint density at radius 2 is 1.90 bits per heavy atom. The second-order valence-electron chi connectivity index (χ2n) is 4.99. The number of rotatable bonds is 5. The van der Waals surface area contributed by atoms with Crippen LogP contribution in [0.4, 0.5) is 4.79 Å². The standard InChI is InChI=1S/C10H16N2O7S/c1-10(2-3-20(18,19)5-10)12-9(17)11-6(8(15)16)4-7(13)14/h6H,2-5H2,1H3,(H,13,14)(H,15,16)(H2,11,12,17). The largest absolute Gasteiger partial charge is 0.481 e. The fourth-order valence-electron chi connectivity index (χ4n) is 1.95. The van der Waals surface area contributed by atoms with Gasteiger partial charge in [-0.2, -0.15) is 0 Å². The minimum atomic E-state index is -3.22. The molecule has 1 aliphatic rings. The monoisotopic (exact) mass is 308 g/mol. The number of sulfone groups is 1. The molecule has 20 heavy (non-hydrogen) atoms. The van der Waals surface area contributed by atoms with Crippen molar-refractivity contribution in [2.45, 2.75) is 31.3 Å². The molecule has 4 N–H and O–H groups in total. The summed E-state index contributed by atoms with van der Waals surface area (Å²) < 4.78 is 22.7. The third kappa shape index (κ3) is 4.68. The molecule has 2 unspecified atom stereocenters. The fourth-order valence-corrected chi connectivity index (χ4v) is 4.05. The first kappa shape index (κ1) is 16.2. The zero-order valence-electron chi connectivity index (χ0n) is 10.7. The van der Waals surface area contributed by atoms with Gasteiger partial charge in [0.25, 0.3) is 0 Å². The number of carbonyl (C=O) groups excluding carboxylic acids is 1. The van der Waals surface area contributed by atoms with Crippen LogP contribution in [0.5, 0.6) is 0 Å². The van der Waals surface area contributed by atoms with E-state index in [-0.39, 0.29) is 17.9 Å². The average molecular weight is 308 g/mol. The molecule has 0 spiro atoms. The van der Waals surface area contributed by atoms with Crippen LogP contribution in [0.1, 0.15) is 19.8 Å². The van der Waals surface area contributed by atoms with Gasteiger partial charge in [0.05, 0.1) is 23.5 Å². The van der Waals surface area contributed by atoms with Crippen LogP contribution in [-0.4, -0.2) is 59.7 Å². The molecule has 114 valence electrons. The van der Waals surface area contributed by atoms with Gasteiger partial charge < -0.3 is 20.8 Å². The molecule has 10 heteroatoms. The van der Waals surface area contributed by atoms with E-state index in [1.165, 1.54) is 6.92 Å². The molecule has 0 aromatic heterocycles. The van der Waals surface area contributed by atoms with Crippen LogP contribution in [0.25, 0.3) is 0 Å². The molecule has 1 saturated heterocycles. The molecular weight excluding hydrogens is 292 g/mol. The van der Waals surface area contributed by atoms with Gasteiger partial charge in [0.15, 0.2) is 9.84 Å². The number of carboxylic acid groups (broad SMARTS) is 2. The second-order valence-corrected chi connectivity index (χ2v) is 7.17. The summed E-state index contributed by atoms with van der Waals surface area (Å²) in [6.45, 7) is 1.53. The zero-order chi connectivity index (χ0) is 15.6. The molecule has 9 nitrogen and oxygen atoms in total. The summed E-state index contributed by atoms with van der Waals surface area (Å²) in [6, 6.07) is -2.48. The van der Waals surface area contributed by atoms with Gasteiger partial charge in [0.1, 0.15) is 6.04 Å². The van der Waals surface area contributed by atoms with Crippen LogP contribution in [0, 0.1) is 0 Å². The number of nitrogens with one attached hydrogen (secondary N) is 2. The van der Waals surface area contributed by atoms with E-state index in [0.29, 0.717) is 0 Å². The Bertz CT molecular complexity index is 530. The minimum absolute atomic E-state index is 0.0543. The Balaban J connectivity index is 2.63. The first-order valence-corrected chi connectivity index (χ1v) is 7.59. The first-order chi connectivity index (χ1) is 9.03. The van der Waals surface area contributed by atoms with Gasteiger partial charge in [-0.1, -0.05) is 0 Å². The Morgan fingerprint density at radius 3 is 2.30 bits per heavy atom. The number of urea groups is 1. The number of carboxylic acids is 2. The Kier molecular flexibility index (Phi) is 4.58. The van der Waals surface area contributed by atoms with E-state index in [2.05, 4.69) is 5.32 Å². The normalized spacial score (nSPS) is 25.6. The van der Waals surface area contributed by atoms with Gasteiger partial charge >= 0.3 is 18.0 Å². The van der Waals surface area contributed by atoms with Crippen molar-refractivity contribution in [1.29, 1.82) is 0 Å². The third-order valence-electron chi connectivity index (χ3n) is 2.90. The second kappa shape index (κ2) is 5.65. The molecule has 0 bridgehead atoms. The summed E-state index contributed by atoms with van der Waals surface area (Å²) in [5, 5.41) is 21.7. The summed E-state index contributed by atoms with van der Waals surface area (Å²) in [4.78, 5) is 32.9. The number of hydrogen-bond acceptors (Lipinski definition) is 5. The molecule has 0 aromatic carbocycles. The first-order valence-electron chi connectivity index (χ1n) is 5.77. The highest BCUT2D eigenvalue weighted by atomic mass is 32.2. The van der Waals surface area contributed by atoms with Crippen LogP contribution in [0.3, 0.4) is 0 Å².